The lowest BCUT2D eigenvalue weighted by Gasteiger charge is -2.21. The molecule has 0 spiro atoms. The van der Waals surface area contributed by atoms with Gasteiger partial charge in [-0.2, -0.15) is 4.98 Å². The molecule has 2 N–H and O–H groups in total. The highest BCUT2D eigenvalue weighted by molar-refractivity contribution is 6.10. The van der Waals surface area contributed by atoms with Crippen molar-refractivity contribution in [2.24, 2.45) is 0 Å². The van der Waals surface area contributed by atoms with Crippen LogP contribution in [0, 0.1) is 0 Å². The molecule has 6 heteroatoms. The van der Waals surface area contributed by atoms with Gasteiger partial charge in [0.15, 0.2) is 0 Å². The van der Waals surface area contributed by atoms with Crippen LogP contribution in [0.4, 0.5) is 11.4 Å². The summed E-state index contributed by atoms with van der Waals surface area (Å²) in [6.07, 6.45) is 0. The van der Waals surface area contributed by atoms with E-state index in [9.17, 15) is 9.59 Å². The molecule has 0 saturated carbocycles. The minimum atomic E-state index is -0.541. The van der Waals surface area contributed by atoms with Crippen molar-refractivity contribution in [3.63, 3.8) is 0 Å². The first kappa shape index (κ1) is 16.7. The van der Waals surface area contributed by atoms with Crippen LogP contribution in [0.2, 0.25) is 0 Å². The van der Waals surface area contributed by atoms with Crippen LogP contribution in [0.15, 0.2) is 53.3 Å². The molecule has 1 amide bonds. The van der Waals surface area contributed by atoms with E-state index in [-0.39, 0.29) is 5.69 Å². The summed E-state index contributed by atoms with van der Waals surface area (Å²) in [6, 6.07) is 14.7. The van der Waals surface area contributed by atoms with Crippen molar-refractivity contribution >= 4 is 28.2 Å². The maximum absolute atomic E-state index is 12.6. The van der Waals surface area contributed by atoms with Gasteiger partial charge in [0.25, 0.3) is 5.91 Å². The zero-order valence-corrected chi connectivity index (χ0v) is 14.2. The summed E-state index contributed by atoms with van der Waals surface area (Å²) in [5, 5.41) is 3.42. The fourth-order valence-electron chi connectivity index (χ4n) is 2.81. The van der Waals surface area contributed by atoms with E-state index in [0.29, 0.717) is 16.6 Å². The maximum Gasteiger partial charge on any atom is 0.346 e. The second-order valence-corrected chi connectivity index (χ2v) is 5.61. The van der Waals surface area contributed by atoms with Gasteiger partial charge in [-0.3, -0.25) is 4.79 Å². The van der Waals surface area contributed by atoms with Gasteiger partial charge in [0.05, 0.1) is 5.52 Å². The predicted octanol–water partition coefficient (Wildman–Crippen LogP) is 3.02. The lowest BCUT2D eigenvalue weighted by atomic mass is 10.1. The molecule has 0 aliphatic carbocycles. The number of nitrogens with one attached hydrogen (secondary N) is 2. The van der Waals surface area contributed by atoms with Crippen molar-refractivity contribution in [3.8, 4) is 0 Å². The third-order valence-corrected chi connectivity index (χ3v) is 4.11. The summed E-state index contributed by atoms with van der Waals surface area (Å²) in [5.74, 6) is -0.405. The van der Waals surface area contributed by atoms with Crippen molar-refractivity contribution in [1.82, 2.24) is 9.97 Å². The summed E-state index contributed by atoms with van der Waals surface area (Å²) >= 11 is 0. The maximum atomic E-state index is 12.6. The Morgan fingerprint density at radius 2 is 1.76 bits per heavy atom. The molecule has 2 aromatic carbocycles. The highest BCUT2D eigenvalue weighted by Gasteiger charge is 2.14. The number of hydrogen-bond acceptors (Lipinski definition) is 4. The van der Waals surface area contributed by atoms with Gasteiger partial charge < -0.3 is 15.2 Å². The zero-order valence-electron chi connectivity index (χ0n) is 14.2. The van der Waals surface area contributed by atoms with Crippen molar-refractivity contribution in [2.45, 2.75) is 13.8 Å². The summed E-state index contributed by atoms with van der Waals surface area (Å²) in [5.41, 5.74) is 1.92. The molecule has 0 aliphatic rings. The Bertz CT molecular complexity index is 944. The van der Waals surface area contributed by atoms with E-state index in [2.05, 4.69) is 34.0 Å². The molecule has 0 saturated heterocycles. The molecule has 0 atom stereocenters. The van der Waals surface area contributed by atoms with Gasteiger partial charge in [-0.25, -0.2) is 4.79 Å². The number of para-hydroxylation sites is 1. The van der Waals surface area contributed by atoms with Crippen molar-refractivity contribution < 1.29 is 4.79 Å². The van der Waals surface area contributed by atoms with Crippen LogP contribution in [0.1, 0.15) is 24.3 Å². The van der Waals surface area contributed by atoms with Crippen LogP contribution in [-0.2, 0) is 0 Å². The fraction of sp³-hybridized carbons (Fsp3) is 0.211. The second kappa shape index (κ2) is 7.17. The van der Waals surface area contributed by atoms with Crippen LogP contribution in [-0.4, -0.2) is 29.0 Å². The Morgan fingerprint density at radius 1 is 1.08 bits per heavy atom. The third kappa shape index (κ3) is 3.52. The average molecular weight is 336 g/mol. The molecule has 0 radical (unpaired) electrons. The molecule has 0 unspecified atom stereocenters. The highest BCUT2D eigenvalue weighted by Crippen LogP contribution is 2.19. The van der Waals surface area contributed by atoms with Gasteiger partial charge in [-0.1, -0.05) is 18.2 Å². The highest BCUT2D eigenvalue weighted by atomic mass is 16.2. The lowest BCUT2D eigenvalue weighted by molar-refractivity contribution is 0.102. The van der Waals surface area contributed by atoms with Gasteiger partial charge in [0.1, 0.15) is 5.69 Å². The first-order valence-electron chi connectivity index (χ1n) is 8.27. The van der Waals surface area contributed by atoms with E-state index in [0.717, 1.165) is 18.8 Å². The molecular weight excluding hydrogens is 316 g/mol. The van der Waals surface area contributed by atoms with E-state index in [4.69, 9.17) is 0 Å². The standard InChI is InChI=1S/C19H20N4O2/c1-3-23(4-2)14-11-9-13(10-12-14)20-18(24)17-15-7-5-6-8-16(15)21-19(25)22-17/h5-12H,3-4H2,1-2H3,(H,20,24)(H,21,22,25). The molecule has 128 valence electrons. The molecule has 0 aliphatic heterocycles. The molecule has 3 aromatic rings. The van der Waals surface area contributed by atoms with E-state index < -0.39 is 11.6 Å². The molecule has 25 heavy (non-hydrogen) atoms. The summed E-state index contributed by atoms with van der Waals surface area (Å²) < 4.78 is 0. The van der Waals surface area contributed by atoms with Crippen LogP contribution in [0.25, 0.3) is 10.9 Å². The molecular formula is C19H20N4O2. The second-order valence-electron chi connectivity index (χ2n) is 5.61. The zero-order chi connectivity index (χ0) is 17.8. The van der Waals surface area contributed by atoms with Crippen molar-refractivity contribution in [1.29, 1.82) is 0 Å². The number of aromatic amines is 1. The van der Waals surface area contributed by atoms with Crippen LogP contribution in [0.3, 0.4) is 0 Å². The third-order valence-electron chi connectivity index (χ3n) is 4.11. The summed E-state index contributed by atoms with van der Waals surface area (Å²) in [6.45, 7) is 6.04. The normalized spacial score (nSPS) is 10.6. The Morgan fingerprint density at radius 3 is 2.44 bits per heavy atom. The molecule has 0 fully saturated rings. The number of aromatic nitrogens is 2. The van der Waals surface area contributed by atoms with Crippen LogP contribution >= 0.6 is 0 Å². The first-order valence-corrected chi connectivity index (χ1v) is 8.27. The summed E-state index contributed by atoms with van der Waals surface area (Å²) in [7, 11) is 0. The van der Waals surface area contributed by atoms with E-state index >= 15 is 0 Å². The number of benzene rings is 2. The topological polar surface area (TPSA) is 78.1 Å². The minimum Gasteiger partial charge on any atom is -0.372 e. The van der Waals surface area contributed by atoms with E-state index in [1.54, 1.807) is 24.3 Å². The largest absolute Gasteiger partial charge is 0.372 e. The molecule has 0 bridgehead atoms. The predicted molar refractivity (Wildman–Crippen MR) is 100 cm³/mol. The quantitative estimate of drug-likeness (QED) is 0.751. The number of H-pyrrole nitrogens is 1. The van der Waals surface area contributed by atoms with Crippen molar-refractivity contribution in [2.75, 3.05) is 23.3 Å². The Labute approximate surface area is 145 Å². The van der Waals surface area contributed by atoms with Crippen LogP contribution < -0.4 is 15.9 Å². The van der Waals surface area contributed by atoms with Crippen molar-refractivity contribution in [3.05, 3.63) is 64.7 Å². The Balaban J connectivity index is 1.87. The monoisotopic (exact) mass is 336 g/mol. The number of amides is 1. The Kier molecular flexibility index (Phi) is 4.79. The molecule has 1 heterocycles. The van der Waals surface area contributed by atoms with Gasteiger partial charge >= 0.3 is 5.69 Å². The molecule has 6 nitrogen and oxygen atoms in total. The molecule has 1 aromatic heterocycles. The number of carbonyl (C=O) groups is 1. The first-order chi connectivity index (χ1) is 12.1. The van der Waals surface area contributed by atoms with E-state index in [1.807, 2.05) is 24.3 Å². The molecule has 3 rings (SSSR count). The fourth-order valence-corrected chi connectivity index (χ4v) is 2.81. The van der Waals surface area contributed by atoms with Crippen LogP contribution in [0.5, 0.6) is 0 Å². The van der Waals surface area contributed by atoms with Gasteiger partial charge in [0.2, 0.25) is 0 Å². The number of anilines is 2. The van der Waals surface area contributed by atoms with Gasteiger partial charge in [-0.15, -0.1) is 0 Å². The SMILES string of the molecule is CCN(CC)c1ccc(NC(=O)c2nc(=O)[nH]c3ccccc23)cc1. The van der Waals surface area contributed by atoms with E-state index in [1.165, 1.54) is 0 Å². The Hall–Kier alpha value is -3.15. The average Bonchev–Trinajstić information content (AvgIpc) is 2.63. The smallest absolute Gasteiger partial charge is 0.346 e. The lowest BCUT2D eigenvalue weighted by Crippen LogP contribution is -2.22. The summed E-state index contributed by atoms with van der Waals surface area (Å²) in [4.78, 5) is 33.0. The van der Waals surface area contributed by atoms with Gasteiger partial charge in [0, 0.05) is 29.9 Å². The number of carbonyl (C=O) groups excluding carboxylic acids is 1. The van der Waals surface area contributed by atoms with Gasteiger partial charge in [-0.05, 0) is 44.2 Å². The number of fused-ring (bicyclic) bond motifs is 1. The number of rotatable bonds is 5. The number of hydrogen-bond donors (Lipinski definition) is 2. The number of nitrogens with zero attached hydrogens (tertiary/aromatic N) is 2. The minimum absolute atomic E-state index is 0.118.